The Labute approximate surface area is 110 Å². The molecule has 3 N–H and O–H groups in total. The fourth-order valence-electron chi connectivity index (χ4n) is 1.62. The molecule has 1 aliphatic rings. The average Bonchev–Trinajstić information content (AvgIpc) is 2.28. The fraction of sp³-hybridized carbons (Fsp3) is 0.333. The molecule has 0 aromatic heterocycles. The normalized spacial score (nSPS) is 14.8. The molecule has 2 amide bonds. The van der Waals surface area contributed by atoms with Gasteiger partial charge in [-0.3, -0.25) is 9.59 Å². The number of rotatable bonds is 3. The highest BCUT2D eigenvalue weighted by Crippen LogP contribution is 2.24. The Morgan fingerprint density at radius 3 is 2.67 bits per heavy atom. The highest BCUT2D eigenvalue weighted by Gasteiger charge is 2.25. The minimum atomic E-state index is -0.215. The van der Waals surface area contributed by atoms with Crippen molar-refractivity contribution in [1.29, 1.82) is 0 Å². The summed E-state index contributed by atoms with van der Waals surface area (Å²) in [6, 6.07) is 4.79. The van der Waals surface area contributed by atoms with Crippen LogP contribution in [-0.4, -0.2) is 32.0 Å². The van der Waals surface area contributed by atoms with Gasteiger partial charge in [-0.15, -0.1) is 0 Å². The van der Waals surface area contributed by atoms with Gasteiger partial charge in [0.05, 0.1) is 16.6 Å². The van der Waals surface area contributed by atoms with Crippen molar-refractivity contribution in [1.82, 2.24) is 10.6 Å². The molecule has 1 heterocycles. The minimum Gasteiger partial charge on any atom is -0.355 e. The Kier molecular flexibility index (Phi) is 3.84. The zero-order valence-electron chi connectivity index (χ0n) is 9.92. The van der Waals surface area contributed by atoms with E-state index in [-0.39, 0.29) is 17.7 Å². The molecule has 1 fully saturated rings. The van der Waals surface area contributed by atoms with Crippen LogP contribution in [0.3, 0.4) is 0 Å². The molecular formula is C12H14ClN3O2. The summed E-state index contributed by atoms with van der Waals surface area (Å²) in [7, 11) is 1.55. The second kappa shape index (κ2) is 5.37. The van der Waals surface area contributed by atoms with Gasteiger partial charge in [-0.25, -0.2) is 0 Å². The third-order valence-electron chi connectivity index (χ3n) is 2.87. The summed E-state index contributed by atoms with van der Waals surface area (Å²) in [6.07, 6.45) is 0. The Morgan fingerprint density at radius 1 is 1.39 bits per heavy atom. The summed E-state index contributed by atoms with van der Waals surface area (Å²) in [6.45, 7) is 1.36. The smallest absolute Gasteiger partial charge is 0.251 e. The number of hydrogen-bond donors (Lipinski definition) is 3. The highest BCUT2D eigenvalue weighted by atomic mass is 35.5. The summed E-state index contributed by atoms with van der Waals surface area (Å²) < 4.78 is 0. The van der Waals surface area contributed by atoms with E-state index < -0.39 is 0 Å². The molecule has 1 aromatic rings. The van der Waals surface area contributed by atoms with Crippen molar-refractivity contribution in [3.05, 3.63) is 28.8 Å². The van der Waals surface area contributed by atoms with E-state index in [4.69, 9.17) is 11.6 Å². The van der Waals surface area contributed by atoms with Crippen molar-refractivity contribution in [3.63, 3.8) is 0 Å². The topological polar surface area (TPSA) is 70.2 Å². The molecule has 1 saturated heterocycles. The van der Waals surface area contributed by atoms with Crippen LogP contribution in [0.15, 0.2) is 18.2 Å². The lowest BCUT2D eigenvalue weighted by molar-refractivity contribution is -0.121. The minimum absolute atomic E-state index is 0.0234. The number of halogens is 1. The lowest BCUT2D eigenvalue weighted by atomic mass is 10.0. The van der Waals surface area contributed by atoms with E-state index in [9.17, 15) is 9.59 Å². The number of carbonyl (C=O) groups excluding carboxylic acids is 2. The highest BCUT2D eigenvalue weighted by molar-refractivity contribution is 6.33. The fourth-order valence-corrected chi connectivity index (χ4v) is 1.78. The molecule has 0 saturated carbocycles. The van der Waals surface area contributed by atoms with Gasteiger partial charge in [0.2, 0.25) is 5.91 Å². The SMILES string of the molecule is CNC(=O)c1ccc(Cl)c(NC(=O)C2CNC2)c1. The average molecular weight is 268 g/mol. The number of hydrogen-bond acceptors (Lipinski definition) is 3. The van der Waals surface area contributed by atoms with E-state index in [1.54, 1.807) is 25.2 Å². The van der Waals surface area contributed by atoms with Gasteiger partial charge in [-0.2, -0.15) is 0 Å². The van der Waals surface area contributed by atoms with Crippen molar-refractivity contribution in [2.24, 2.45) is 5.92 Å². The second-order valence-corrected chi connectivity index (χ2v) is 4.53. The van der Waals surface area contributed by atoms with Crippen LogP contribution in [-0.2, 0) is 4.79 Å². The maximum absolute atomic E-state index is 11.8. The van der Waals surface area contributed by atoms with Crippen molar-refractivity contribution >= 4 is 29.1 Å². The first-order valence-corrected chi connectivity index (χ1v) is 6.03. The Bertz CT molecular complexity index is 486. The maximum atomic E-state index is 11.8. The molecule has 1 aromatic carbocycles. The van der Waals surface area contributed by atoms with Gasteiger partial charge < -0.3 is 16.0 Å². The summed E-state index contributed by atoms with van der Waals surface area (Å²) in [5, 5.41) is 8.71. The van der Waals surface area contributed by atoms with Crippen molar-refractivity contribution in [2.45, 2.75) is 0 Å². The lowest BCUT2D eigenvalue weighted by Crippen LogP contribution is -2.48. The number of carbonyl (C=O) groups is 2. The van der Waals surface area contributed by atoms with Crippen LogP contribution in [0.25, 0.3) is 0 Å². The van der Waals surface area contributed by atoms with E-state index in [1.807, 2.05) is 0 Å². The van der Waals surface area contributed by atoms with Crippen LogP contribution in [0, 0.1) is 5.92 Å². The summed E-state index contributed by atoms with van der Waals surface area (Å²) in [5.74, 6) is -0.318. The molecular weight excluding hydrogens is 254 g/mol. The maximum Gasteiger partial charge on any atom is 0.251 e. The third kappa shape index (κ3) is 2.63. The van der Waals surface area contributed by atoms with Gasteiger partial charge in [0.15, 0.2) is 0 Å². The van der Waals surface area contributed by atoms with Gasteiger partial charge in [0.25, 0.3) is 5.91 Å². The van der Waals surface area contributed by atoms with E-state index in [0.29, 0.717) is 29.4 Å². The lowest BCUT2D eigenvalue weighted by Gasteiger charge is -2.26. The third-order valence-corrected chi connectivity index (χ3v) is 3.20. The van der Waals surface area contributed by atoms with Crippen molar-refractivity contribution in [2.75, 3.05) is 25.5 Å². The predicted molar refractivity (Wildman–Crippen MR) is 69.8 cm³/mol. The molecule has 0 bridgehead atoms. The van der Waals surface area contributed by atoms with Gasteiger partial charge >= 0.3 is 0 Å². The molecule has 0 radical (unpaired) electrons. The van der Waals surface area contributed by atoms with Crippen LogP contribution in [0.4, 0.5) is 5.69 Å². The first kappa shape index (κ1) is 12.9. The Morgan fingerprint density at radius 2 is 2.11 bits per heavy atom. The first-order chi connectivity index (χ1) is 8.61. The summed E-state index contributed by atoms with van der Waals surface area (Å²) in [4.78, 5) is 23.3. The van der Waals surface area contributed by atoms with Crippen LogP contribution >= 0.6 is 11.6 Å². The summed E-state index contributed by atoms with van der Waals surface area (Å²) >= 11 is 5.99. The van der Waals surface area contributed by atoms with Crippen molar-refractivity contribution in [3.8, 4) is 0 Å². The van der Waals surface area contributed by atoms with Gasteiger partial charge in [-0.1, -0.05) is 11.6 Å². The standard InChI is InChI=1S/C12H14ClN3O2/c1-14-11(17)7-2-3-9(13)10(4-7)16-12(18)8-5-15-6-8/h2-4,8,15H,5-6H2,1H3,(H,14,17)(H,16,18). The van der Waals surface area contributed by atoms with E-state index in [0.717, 1.165) is 0 Å². The summed E-state index contributed by atoms with van der Waals surface area (Å²) in [5.41, 5.74) is 0.929. The Balaban J connectivity index is 2.15. The molecule has 0 atom stereocenters. The van der Waals surface area contributed by atoms with E-state index in [1.165, 1.54) is 0 Å². The van der Waals surface area contributed by atoms with Crippen LogP contribution in [0.1, 0.15) is 10.4 Å². The molecule has 2 rings (SSSR count). The zero-order valence-corrected chi connectivity index (χ0v) is 10.7. The largest absolute Gasteiger partial charge is 0.355 e. The molecule has 0 unspecified atom stereocenters. The van der Waals surface area contributed by atoms with Crippen LogP contribution in [0.2, 0.25) is 5.02 Å². The molecule has 0 spiro atoms. The molecule has 5 nitrogen and oxygen atoms in total. The molecule has 96 valence electrons. The molecule has 6 heteroatoms. The number of nitrogens with one attached hydrogen (secondary N) is 3. The second-order valence-electron chi connectivity index (χ2n) is 4.12. The van der Waals surface area contributed by atoms with E-state index >= 15 is 0 Å². The van der Waals surface area contributed by atoms with Gasteiger partial charge in [-0.05, 0) is 18.2 Å². The predicted octanol–water partition coefficient (Wildman–Crippen LogP) is 0.857. The number of anilines is 1. The first-order valence-electron chi connectivity index (χ1n) is 5.65. The zero-order chi connectivity index (χ0) is 13.1. The van der Waals surface area contributed by atoms with E-state index in [2.05, 4.69) is 16.0 Å². The monoisotopic (exact) mass is 267 g/mol. The van der Waals surface area contributed by atoms with Crippen molar-refractivity contribution < 1.29 is 9.59 Å². The number of benzene rings is 1. The Hall–Kier alpha value is -1.59. The molecule has 1 aliphatic heterocycles. The number of amides is 2. The van der Waals surface area contributed by atoms with Gasteiger partial charge in [0.1, 0.15) is 0 Å². The molecule has 0 aliphatic carbocycles. The van der Waals surface area contributed by atoms with Crippen LogP contribution in [0.5, 0.6) is 0 Å². The molecule has 18 heavy (non-hydrogen) atoms. The van der Waals surface area contributed by atoms with Crippen LogP contribution < -0.4 is 16.0 Å². The van der Waals surface area contributed by atoms with Gasteiger partial charge in [0, 0.05) is 25.7 Å². The quantitative estimate of drug-likeness (QED) is 0.761.